The molecule has 0 bridgehead atoms. The average molecular weight is 273 g/mol. The van der Waals surface area contributed by atoms with Crippen LogP contribution in [0.25, 0.3) is 0 Å². The zero-order chi connectivity index (χ0) is 11.4. The smallest absolute Gasteiger partial charge is 0.128 e. The van der Waals surface area contributed by atoms with Crippen molar-refractivity contribution in [2.24, 2.45) is 0 Å². The fraction of sp³-hybridized carbons (Fsp3) is 0.545. The molecule has 0 amide bonds. The molecule has 1 atom stereocenters. The summed E-state index contributed by atoms with van der Waals surface area (Å²) >= 11 is 3.44. The van der Waals surface area contributed by atoms with E-state index in [4.69, 9.17) is 4.74 Å². The zero-order valence-electron chi connectivity index (χ0n) is 9.62. The molecule has 0 fully saturated rings. The lowest BCUT2D eigenvalue weighted by molar-refractivity contribution is 0.183. The first-order chi connectivity index (χ1) is 7.06. The number of methoxy groups -OCH3 is 1. The van der Waals surface area contributed by atoms with Gasteiger partial charge >= 0.3 is 0 Å². The minimum Gasteiger partial charge on any atom is -0.383 e. The maximum absolute atomic E-state index is 5.12. The van der Waals surface area contributed by atoms with Gasteiger partial charge in [0.05, 0.1) is 12.6 Å². The molecule has 0 saturated heterocycles. The third-order valence-corrected chi connectivity index (χ3v) is 3.29. The van der Waals surface area contributed by atoms with Crippen LogP contribution in [-0.2, 0) is 4.74 Å². The predicted molar refractivity (Wildman–Crippen MR) is 66.4 cm³/mol. The van der Waals surface area contributed by atoms with Crippen LogP contribution in [0.3, 0.4) is 0 Å². The van der Waals surface area contributed by atoms with Crippen molar-refractivity contribution < 1.29 is 4.74 Å². The Hall–Kier alpha value is -0.610. The molecular weight excluding hydrogens is 256 g/mol. The summed E-state index contributed by atoms with van der Waals surface area (Å²) in [7, 11) is 3.74. The maximum Gasteiger partial charge on any atom is 0.128 e. The van der Waals surface area contributed by atoms with Gasteiger partial charge in [0, 0.05) is 24.8 Å². The summed E-state index contributed by atoms with van der Waals surface area (Å²) in [6, 6.07) is 2.39. The molecule has 0 aliphatic carbocycles. The van der Waals surface area contributed by atoms with E-state index in [1.165, 1.54) is 5.56 Å². The Morgan fingerprint density at radius 2 is 2.27 bits per heavy atom. The highest BCUT2D eigenvalue weighted by molar-refractivity contribution is 9.10. The second-order valence-electron chi connectivity index (χ2n) is 3.71. The Bertz CT molecular complexity index is 330. The molecule has 84 valence electrons. The fourth-order valence-electron chi connectivity index (χ4n) is 1.30. The van der Waals surface area contributed by atoms with Gasteiger partial charge in [-0.15, -0.1) is 0 Å². The first kappa shape index (κ1) is 12.5. The third-order valence-electron chi connectivity index (χ3n) is 2.46. The first-order valence-corrected chi connectivity index (χ1v) is 5.69. The molecule has 0 spiro atoms. The Labute approximate surface area is 99.6 Å². The minimum atomic E-state index is 0.322. The van der Waals surface area contributed by atoms with Gasteiger partial charge in [0.2, 0.25) is 0 Å². The summed E-state index contributed by atoms with van der Waals surface area (Å²) in [5.41, 5.74) is 1.19. The van der Waals surface area contributed by atoms with E-state index in [9.17, 15) is 0 Å². The van der Waals surface area contributed by atoms with Crippen LogP contribution in [0, 0.1) is 6.92 Å². The Morgan fingerprint density at radius 1 is 1.60 bits per heavy atom. The normalized spacial score (nSPS) is 12.6. The molecule has 0 radical (unpaired) electrons. The van der Waals surface area contributed by atoms with E-state index in [0.717, 1.165) is 10.3 Å². The Morgan fingerprint density at radius 3 is 2.80 bits per heavy atom. The lowest BCUT2D eigenvalue weighted by Gasteiger charge is -2.25. The number of aromatic nitrogens is 1. The van der Waals surface area contributed by atoms with Crippen molar-refractivity contribution in [2.45, 2.75) is 19.9 Å². The molecular formula is C11H17BrN2O. The van der Waals surface area contributed by atoms with E-state index >= 15 is 0 Å². The Balaban J connectivity index is 2.81. The number of ether oxygens (including phenoxy) is 1. The standard InChI is InChI=1S/C11H17BrN2O/c1-8-5-11(13-6-10(8)12)14(3)9(2)7-15-4/h5-6,9H,7H2,1-4H3. The number of pyridine rings is 1. The van der Waals surface area contributed by atoms with Gasteiger partial charge in [-0.25, -0.2) is 4.98 Å². The summed E-state index contributed by atoms with van der Waals surface area (Å²) in [4.78, 5) is 6.48. The van der Waals surface area contributed by atoms with E-state index in [1.54, 1.807) is 7.11 Å². The number of anilines is 1. The van der Waals surface area contributed by atoms with Crippen molar-refractivity contribution in [1.29, 1.82) is 0 Å². The van der Waals surface area contributed by atoms with Crippen LogP contribution in [0.1, 0.15) is 12.5 Å². The average Bonchev–Trinajstić information content (AvgIpc) is 2.21. The van der Waals surface area contributed by atoms with E-state index in [1.807, 2.05) is 13.2 Å². The van der Waals surface area contributed by atoms with Crippen molar-refractivity contribution in [3.8, 4) is 0 Å². The summed E-state index contributed by atoms with van der Waals surface area (Å²) in [5.74, 6) is 0.972. The second-order valence-corrected chi connectivity index (χ2v) is 4.56. The molecule has 1 rings (SSSR count). The quantitative estimate of drug-likeness (QED) is 0.843. The first-order valence-electron chi connectivity index (χ1n) is 4.90. The van der Waals surface area contributed by atoms with Crippen LogP contribution < -0.4 is 4.90 Å². The highest BCUT2D eigenvalue weighted by atomic mass is 79.9. The lowest BCUT2D eigenvalue weighted by Crippen LogP contribution is -2.33. The molecule has 1 aromatic rings. The summed E-state index contributed by atoms with van der Waals surface area (Å²) in [6.07, 6.45) is 1.83. The molecule has 1 aromatic heterocycles. The van der Waals surface area contributed by atoms with Gasteiger partial charge in [-0.1, -0.05) is 0 Å². The highest BCUT2D eigenvalue weighted by Gasteiger charge is 2.11. The highest BCUT2D eigenvalue weighted by Crippen LogP contribution is 2.20. The van der Waals surface area contributed by atoms with Crippen LogP contribution in [0.15, 0.2) is 16.7 Å². The summed E-state index contributed by atoms with van der Waals surface area (Å²) in [6.45, 7) is 4.87. The molecule has 1 unspecified atom stereocenters. The summed E-state index contributed by atoms with van der Waals surface area (Å²) in [5, 5.41) is 0. The minimum absolute atomic E-state index is 0.322. The molecule has 3 nitrogen and oxygen atoms in total. The number of likely N-dealkylation sites (N-methyl/N-ethyl adjacent to an activating group) is 1. The van der Waals surface area contributed by atoms with Crippen LogP contribution in [-0.4, -0.2) is 31.8 Å². The second kappa shape index (κ2) is 5.47. The van der Waals surface area contributed by atoms with E-state index < -0.39 is 0 Å². The SMILES string of the molecule is COCC(C)N(C)c1cc(C)c(Br)cn1. The van der Waals surface area contributed by atoms with Crippen molar-refractivity contribution >= 4 is 21.7 Å². The topological polar surface area (TPSA) is 25.4 Å². The van der Waals surface area contributed by atoms with Gasteiger partial charge in [0.15, 0.2) is 0 Å². The number of hydrogen-bond acceptors (Lipinski definition) is 3. The lowest BCUT2D eigenvalue weighted by atomic mass is 10.2. The molecule has 0 saturated carbocycles. The number of halogens is 1. The van der Waals surface area contributed by atoms with Crippen LogP contribution in [0.4, 0.5) is 5.82 Å². The molecule has 0 N–H and O–H groups in total. The van der Waals surface area contributed by atoms with Gasteiger partial charge in [0.25, 0.3) is 0 Å². The van der Waals surface area contributed by atoms with E-state index in [0.29, 0.717) is 12.6 Å². The molecule has 0 aliphatic rings. The third kappa shape index (κ3) is 3.18. The van der Waals surface area contributed by atoms with E-state index in [-0.39, 0.29) is 0 Å². The van der Waals surface area contributed by atoms with Gasteiger partial charge in [-0.2, -0.15) is 0 Å². The monoisotopic (exact) mass is 272 g/mol. The zero-order valence-corrected chi connectivity index (χ0v) is 11.2. The number of hydrogen-bond donors (Lipinski definition) is 0. The molecule has 4 heteroatoms. The molecule has 1 heterocycles. The Kier molecular flexibility index (Phi) is 4.54. The molecule has 0 aliphatic heterocycles. The van der Waals surface area contributed by atoms with Crippen molar-refractivity contribution in [1.82, 2.24) is 4.98 Å². The van der Waals surface area contributed by atoms with Gasteiger partial charge < -0.3 is 9.64 Å². The van der Waals surface area contributed by atoms with Gasteiger partial charge in [0.1, 0.15) is 5.82 Å². The molecule has 15 heavy (non-hydrogen) atoms. The van der Waals surface area contributed by atoms with E-state index in [2.05, 4.69) is 45.7 Å². The number of aryl methyl sites for hydroxylation is 1. The summed E-state index contributed by atoms with van der Waals surface area (Å²) < 4.78 is 6.16. The van der Waals surface area contributed by atoms with Crippen LogP contribution >= 0.6 is 15.9 Å². The van der Waals surface area contributed by atoms with Crippen LogP contribution in [0.5, 0.6) is 0 Å². The fourth-order valence-corrected chi connectivity index (χ4v) is 1.51. The predicted octanol–water partition coefficient (Wildman–Crippen LogP) is 2.62. The van der Waals surface area contributed by atoms with Crippen molar-refractivity contribution in [2.75, 3.05) is 25.7 Å². The number of nitrogens with zero attached hydrogens (tertiary/aromatic N) is 2. The largest absolute Gasteiger partial charge is 0.383 e. The van der Waals surface area contributed by atoms with Gasteiger partial charge in [-0.05, 0) is 41.4 Å². The van der Waals surface area contributed by atoms with Crippen molar-refractivity contribution in [3.05, 3.63) is 22.3 Å². The van der Waals surface area contributed by atoms with Crippen LogP contribution in [0.2, 0.25) is 0 Å². The molecule has 0 aromatic carbocycles. The van der Waals surface area contributed by atoms with Crippen molar-refractivity contribution in [3.63, 3.8) is 0 Å². The maximum atomic E-state index is 5.12. The number of rotatable bonds is 4. The van der Waals surface area contributed by atoms with Gasteiger partial charge in [-0.3, -0.25) is 0 Å².